The maximum Gasteiger partial charge on any atom is 0.272 e. The summed E-state index contributed by atoms with van der Waals surface area (Å²) >= 11 is 2.70. The van der Waals surface area contributed by atoms with E-state index in [4.69, 9.17) is 0 Å². The largest absolute Gasteiger partial charge is 0.324 e. The van der Waals surface area contributed by atoms with Gasteiger partial charge in [-0.15, -0.1) is 11.3 Å². The molecule has 0 fully saturated rings. The Bertz CT molecular complexity index is 976. The van der Waals surface area contributed by atoms with E-state index in [0.717, 1.165) is 16.8 Å². The second-order valence-electron chi connectivity index (χ2n) is 5.49. The third-order valence-electron chi connectivity index (χ3n) is 3.68. The van der Waals surface area contributed by atoms with Gasteiger partial charge in [0.25, 0.3) is 5.56 Å². The zero-order chi connectivity index (χ0) is 17.3. The molecular formula is C17H17N3O2S2. The van der Waals surface area contributed by atoms with Gasteiger partial charge in [-0.1, -0.05) is 23.9 Å². The van der Waals surface area contributed by atoms with E-state index in [0.29, 0.717) is 15.4 Å². The van der Waals surface area contributed by atoms with E-state index >= 15 is 0 Å². The van der Waals surface area contributed by atoms with Crippen molar-refractivity contribution in [3.05, 3.63) is 51.1 Å². The van der Waals surface area contributed by atoms with Gasteiger partial charge in [0.05, 0.1) is 5.52 Å². The van der Waals surface area contributed by atoms with Crippen LogP contribution in [0.25, 0.3) is 10.2 Å². The van der Waals surface area contributed by atoms with Crippen LogP contribution in [-0.4, -0.2) is 21.7 Å². The standard InChI is InChI=1S/C17H17N3O2S2/c1-10-4-5-11(2)13(8-10)18-14(21)9-20-16(22)15-12(6-7-24-15)19-17(20)23-3/h4-8H,9H2,1-3H3,(H,18,21). The average Bonchev–Trinajstić information content (AvgIpc) is 3.02. The lowest BCUT2D eigenvalue weighted by atomic mass is 10.1. The number of fused-ring (bicyclic) bond motifs is 1. The quantitative estimate of drug-likeness (QED) is 0.572. The summed E-state index contributed by atoms with van der Waals surface area (Å²) in [4.78, 5) is 29.5. The molecule has 0 atom stereocenters. The van der Waals surface area contributed by atoms with Gasteiger partial charge in [0.15, 0.2) is 5.16 Å². The van der Waals surface area contributed by atoms with Crippen molar-refractivity contribution in [2.75, 3.05) is 11.6 Å². The molecule has 1 N–H and O–H groups in total. The van der Waals surface area contributed by atoms with Crippen molar-refractivity contribution in [2.45, 2.75) is 25.5 Å². The Kier molecular flexibility index (Phi) is 4.73. The maximum absolute atomic E-state index is 12.6. The fourth-order valence-corrected chi connectivity index (χ4v) is 3.76. The number of hydrogen-bond acceptors (Lipinski definition) is 5. The molecule has 0 aliphatic carbocycles. The van der Waals surface area contributed by atoms with Crippen LogP contribution >= 0.6 is 23.1 Å². The number of aryl methyl sites for hydroxylation is 2. The summed E-state index contributed by atoms with van der Waals surface area (Å²) in [6, 6.07) is 7.70. The lowest BCUT2D eigenvalue weighted by molar-refractivity contribution is -0.116. The molecule has 5 nitrogen and oxygen atoms in total. The molecule has 0 spiro atoms. The number of anilines is 1. The van der Waals surface area contributed by atoms with Crippen LogP contribution < -0.4 is 10.9 Å². The topological polar surface area (TPSA) is 64.0 Å². The first-order chi connectivity index (χ1) is 11.5. The average molecular weight is 359 g/mol. The summed E-state index contributed by atoms with van der Waals surface area (Å²) in [5.41, 5.74) is 3.33. The van der Waals surface area contributed by atoms with Crippen molar-refractivity contribution in [3.63, 3.8) is 0 Å². The molecule has 3 rings (SSSR count). The number of amides is 1. The number of nitrogens with zero attached hydrogens (tertiary/aromatic N) is 2. The fourth-order valence-electron chi connectivity index (χ4n) is 2.42. The molecular weight excluding hydrogens is 342 g/mol. The number of nitrogens with one attached hydrogen (secondary N) is 1. The van der Waals surface area contributed by atoms with Crippen molar-refractivity contribution in [2.24, 2.45) is 0 Å². The van der Waals surface area contributed by atoms with Crippen LogP contribution in [0.5, 0.6) is 0 Å². The molecule has 24 heavy (non-hydrogen) atoms. The van der Waals surface area contributed by atoms with Crippen LogP contribution in [0.2, 0.25) is 0 Å². The van der Waals surface area contributed by atoms with Crippen LogP contribution in [0.4, 0.5) is 5.69 Å². The van der Waals surface area contributed by atoms with Gasteiger partial charge in [-0.05, 0) is 48.7 Å². The molecule has 0 saturated heterocycles. The van der Waals surface area contributed by atoms with Crippen LogP contribution in [-0.2, 0) is 11.3 Å². The molecule has 7 heteroatoms. The van der Waals surface area contributed by atoms with Crippen LogP contribution in [0.15, 0.2) is 39.6 Å². The highest BCUT2D eigenvalue weighted by molar-refractivity contribution is 7.98. The number of thioether (sulfide) groups is 1. The number of hydrogen-bond donors (Lipinski definition) is 1. The van der Waals surface area contributed by atoms with Crippen LogP contribution in [0.3, 0.4) is 0 Å². The van der Waals surface area contributed by atoms with Gasteiger partial charge in [0.2, 0.25) is 5.91 Å². The molecule has 0 aliphatic rings. The molecule has 1 aromatic carbocycles. The monoisotopic (exact) mass is 359 g/mol. The Labute approximate surface area is 147 Å². The summed E-state index contributed by atoms with van der Waals surface area (Å²) in [5.74, 6) is -0.237. The lowest BCUT2D eigenvalue weighted by Gasteiger charge is -2.12. The van der Waals surface area contributed by atoms with E-state index in [1.165, 1.54) is 27.7 Å². The third kappa shape index (κ3) is 3.22. The van der Waals surface area contributed by atoms with Crippen molar-refractivity contribution in [3.8, 4) is 0 Å². The molecule has 0 bridgehead atoms. The highest BCUT2D eigenvalue weighted by Gasteiger charge is 2.15. The molecule has 2 heterocycles. The molecule has 0 unspecified atom stereocenters. The predicted molar refractivity (Wildman–Crippen MR) is 100 cm³/mol. The van der Waals surface area contributed by atoms with E-state index in [1.54, 1.807) is 0 Å². The Morgan fingerprint density at radius 3 is 2.88 bits per heavy atom. The van der Waals surface area contributed by atoms with E-state index in [2.05, 4.69) is 10.3 Å². The summed E-state index contributed by atoms with van der Waals surface area (Å²) < 4.78 is 2.01. The second-order valence-corrected chi connectivity index (χ2v) is 7.18. The van der Waals surface area contributed by atoms with Gasteiger partial charge >= 0.3 is 0 Å². The van der Waals surface area contributed by atoms with E-state index < -0.39 is 0 Å². The van der Waals surface area contributed by atoms with Gasteiger partial charge in [0.1, 0.15) is 11.2 Å². The number of aromatic nitrogens is 2. The summed E-state index contributed by atoms with van der Waals surface area (Å²) in [5, 5.41) is 5.27. The minimum absolute atomic E-state index is 0.0524. The Morgan fingerprint density at radius 2 is 2.12 bits per heavy atom. The first-order valence-electron chi connectivity index (χ1n) is 7.38. The maximum atomic E-state index is 12.6. The number of carbonyl (C=O) groups is 1. The molecule has 3 aromatic rings. The second kappa shape index (κ2) is 6.78. The molecule has 0 radical (unpaired) electrons. The van der Waals surface area contributed by atoms with Crippen molar-refractivity contribution in [1.82, 2.24) is 9.55 Å². The minimum atomic E-state index is -0.237. The zero-order valence-corrected chi connectivity index (χ0v) is 15.3. The smallest absolute Gasteiger partial charge is 0.272 e. The van der Waals surface area contributed by atoms with E-state index in [1.807, 2.05) is 49.7 Å². The zero-order valence-electron chi connectivity index (χ0n) is 13.6. The third-order valence-corrected chi connectivity index (χ3v) is 5.25. The van der Waals surface area contributed by atoms with Gasteiger partial charge in [-0.25, -0.2) is 4.98 Å². The van der Waals surface area contributed by atoms with Crippen molar-refractivity contribution >= 4 is 44.9 Å². The van der Waals surface area contributed by atoms with Gasteiger partial charge < -0.3 is 5.32 Å². The Hall–Kier alpha value is -2.12. The summed E-state index contributed by atoms with van der Waals surface area (Å²) in [6.07, 6.45) is 1.85. The molecule has 0 saturated carbocycles. The molecule has 0 aliphatic heterocycles. The number of carbonyl (C=O) groups excluding carboxylic acids is 1. The minimum Gasteiger partial charge on any atom is -0.324 e. The number of thiophene rings is 1. The Balaban J connectivity index is 1.91. The van der Waals surface area contributed by atoms with E-state index in [-0.39, 0.29) is 18.0 Å². The number of rotatable bonds is 4. The molecule has 2 aromatic heterocycles. The van der Waals surface area contributed by atoms with Crippen molar-refractivity contribution < 1.29 is 4.79 Å². The van der Waals surface area contributed by atoms with Gasteiger partial charge in [-0.3, -0.25) is 14.2 Å². The summed E-state index contributed by atoms with van der Waals surface area (Å²) in [6.45, 7) is 3.86. The molecule has 124 valence electrons. The fraction of sp³-hybridized carbons (Fsp3) is 0.235. The van der Waals surface area contributed by atoms with Crippen LogP contribution in [0.1, 0.15) is 11.1 Å². The van der Waals surface area contributed by atoms with Gasteiger partial charge in [0, 0.05) is 5.69 Å². The predicted octanol–water partition coefficient (Wildman–Crippen LogP) is 3.44. The van der Waals surface area contributed by atoms with E-state index in [9.17, 15) is 9.59 Å². The van der Waals surface area contributed by atoms with Crippen molar-refractivity contribution in [1.29, 1.82) is 0 Å². The van der Waals surface area contributed by atoms with Gasteiger partial charge in [-0.2, -0.15) is 0 Å². The Morgan fingerprint density at radius 1 is 1.33 bits per heavy atom. The highest BCUT2D eigenvalue weighted by Crippen LogP contribution is 2.20. The first kappa shape index (κ1) is 16.7. The highest BCUT2D eigenvalue weighted by atomic mass is 32.2. The summed E-state index contributed by atoms with van der Waals surface area (Å²) in [7, 11) is 0. The SMILES string of the molecule is CSc1nc2ccsc2c(=O)n1CC(=O)Nc1cc(C)ccc1C. The lowest BCUT2D eigenvalue weighted by Crippen LogP contribution is -2.29. The first-order valence-corrected chi connectivity index (χ1v) is 9.49. The normalized spacial score (nSPS) is 11.0. The van der Waals surface area contributed by atoms with Crippen LogP contribution in [0, 0.1) is 13.8 Å². The number of benzene rings is 1. The molecule has 1 amide bonds.